The molecule has 4 aromatic rings. The van der Waals surface area contributed by atoms with Crippen LogP contribution < -0.4 is 20.5 Å². The third kappa shape index (κ3) is 4.76. The maximum absolute atomic E-state index is 15.7. The number of amides is 2. The Hall–Kier alpha value is -4.79. The molecule has 0 spiro atoms. The monoisotopic (exact) mass is 617 g/mol. The summed E-state index contributed by atoms with van der Waals surface area (Å²) in [5.41, 5.74) is -3.61. The molecule has 0 saturated heterocycles. The Labute approximate surface area is 245 Å². The van der Waals surface area contributed by atoms with Crippen LogP contribution >= 0.6 is 0 Å². The predicted molar refractivity (Wildman–Crippen MR) is 144 cm³/mol. The lowest BCUT2D eigenvalue weighted by molar-refractivity contribution is -0.265. The van der Waals surface area contributed by atoms with E-state index in [1.54, 1.807) is 10.9 Å². The van der Waals surface area contributed by atoms with Gasteiger partial charge in [-0.05, 0) is 55.3 Å². The van der Waals surface area contributed by atoms with Crippen molar-refractivity contribution < 1.29 is 46.1 Å². The van der Waals surface area contributed by atoms with Crippen LogP contribution in [0.25, 0.3) is 22.2 Å². The number of halogens is 5. The van der Waals surface area contributed by atoms with Gasteiger partial charge >= 0.3 is 6.18 Å². The number of benzene rings is 2. The first-order valence-electron chi connectivity index (χ1n) is 13.3. The summed E-state index contributed by atoms with van der Waals surface area (Å²) in [5, 5.41) is 18.2. The highest BCUT2D eigenvalue weighted by atomic mass is 19.4. The summed E-state index contributed by atoms with van der Waals surface area (Å²) >= 11 is 0. The van der Waals surface area contributed by atoms with Crippen LogP contribution in [-0.2, 0) is 16.1 Å². The number of hydrogen-bond donors (Lipinski definition) is 3. The number of carbonyl (C=O) groups is 2. The third-order valence-electron chi connectivity index (χ3n) is 7.72. The lowest BCUT2D eigenvalue weighted by atomic mass is 9.90. The fraction of sp³-hybridized carbons (Fsp3) is 0.310. The fourth-order valence-corrected chi connectivity index (χ4v) is 5.02. The Kier molecular flexibility index (Phi) is 6.75. The van der Waals surface area contributed by atoms with Crippen LogP contribution in [0.15, 0.2) is 48.7 Å². The van der Waals surface area contributed by atoms with Crippen molar-refractivity contribution in [1.82, 2.24) is 20.1 Å². The van der Waals surface area contributed by atoms with Crippen LogP contribution in [0.2, 0.25) is 0 Å². The van der Waals surface area contributed by atoms with E-state index in [0.29, 0.717) is 17.0 Å². The SMILES string of the molecule is COc1cc(C(=O)NC[C@](O)(c2cc3c(c(-c4ccc(F)cc4)n2)OCC3(F)C(N)=O)C(F)(F)F)cc2cn(C3CC3)nc12. The summed E-state index contributed by atoms with van der Waals surface area (Å²) in [6.07, 6.45) is -1.89. The Morgan fingerprint density at radius 1 is 1.20 bits per heavy atom. The second-order valence-electron chi connectivity index (χ2n) is 10.7. The first-order chi connectivity index (χ1) is 20.7. The van der Waals surface area contributed by atoms with Gasteiger partial charge in [0.05, 0.1) is 25.4 Å². The van der Waals surface area contributed by atoms with Gasteiger partial charge in [0.25, 0.3) is 17.5 Å². The number of hydrogen-bond acceptors (Lipinski definition) is 7. The number of ether oxygens (including phenoxy) is 2. The van der Waals surface area contributed by atoms with Crippen LogP contribution in [0.1, 0.15) is 40.5 Å². The molecule has 2 aromatic carbocycles. The number of carbonyl (C=O) groups excluding carboxylic acids is 2. The van der Waals surface area contributed by atoms with E-state index in [2.05, 4.69) is 15.4 Å². The molecule has 1 fully saturated rings. The molecule has 1 saturated carbocycles. The predicted octanol–water partition coefficient (Wildman–Crippen LogP) is 3.80. The van der Waals surface area contributed by atoms with E-state index < -0.39 is 70.9 Å². The minimum absolute atomic E-state index is 0.000998. The fourth-order valence-electron chi connectivity index (χ4n) is 5.02. The van der Waals surface area contributed by atoms with Crippen molar-refractivity contribution in [2.75, 3.05) is 20.3 Å². The van der Waals surface area contributed by atoms with E-state index in [1.807, 2.05) is 0 Å². The number of methoxy groups -OCH3 is 1. The summed E-state index contributed by atoms with van der Waals surface area (Å²) in [4.78, 5) is 29.1. The first kappa shape index (κ1) is 29.3. The Morgan fingerprint density at radius 3 is 2.52 bits per heavy atom. The molecule has 4 N–H and O–H groups in total. The van der Waals surface area contributed by atoms with E-state index >= 15 is 4.39 Å². The third-order valence-corrected chi connectivity index (χ3v) is 7.72. The number of nitrogens with two attached hydrogens (primary N) is 1. The summed E-state index contributed by atoms with van der Waals surface area (Å²) in [6.45, 7) is -2.41. The zero-order chi connectivity index (χ0) is 31.6. The second kappa shape index (κ2) is 10.1. The van der Waals surface area contributed by atoms with Crippen molar-refractivity contribution >= 4 is 22.7 Å². The van der Waals surface area contributed by atoms with Gasteiger partial charge in [-0.25, -0.2) is 13.8 Å². The zero-order valence-electron chi connectivity index (χ0n) is 22.9. The molecule has 1 unspecified atom stereocenters. The highest BCUT2D eigenvalue weighted by Gasteiger charge is 2.58. The molecule has 1 aliphatic heterocycles. The number of aliphatic hydroxyl groups is 1. The van der Waals surface area contributed by atoms with Crippen molar-refractivity contribution in [3.05, 3.63) is 71.3 Å². The van der Waals surface area contributed by atoms with Gasteiger partial charge in [0.1, 0.15) is 29.4 Å². The molecule has 2 atom stereocenters. The largest absolute Gasteiger partial charge is 0.494 e. The summed E-state index contributed by atoms with van der Waals surface area (Å²) < 4.78 is 85.5. The van der Waals surface area contributed by atoms with Crippen molar-refractivity contribution in [2.45, 2.75) is 36.3 Å². The standard InChI is InChI=1S/C29H24F5N5O5/c1-43-20-9-15(8-16-11-39(18-6-7-18)38-22(16)20)25(40)36-12-28(42,29(32,33)34)21-10-19-24(44-13-27(19,31)26(35)41)23(37-21)14-2-4-17(30)5-3-14/h2-5,8-11,18,42H,6-7,12-13H2,1H3,(H2,35,41)(H,36,40)/t27?,28-/m0/s1. The molecule has 0 radical (unpaired) electrons. The van der Waals surface area contributed by atoms with Crippen LogP contribution in [0.4, 0.5) is 22.0 Å². The molecular weight excluding hydrogens is 593 g/mol. The molecule has 2 aliphatic rings. The average molecular weight is 618 g/mol. The molecule has 10 nitrogen and oxygen atoms in total. The molecular formula is C29H24F5N5O5. The summed E-state index contributed by atoms with van der Waals surface area (Å²) in [7, 11) is 1.36. The van der Waals surface area contributed by atoms with Gasteiger partial charge in [0, 0.05) is 28.3 Å². The van der Waals surface area contributed by atoms with Gasteiger partial charge < -0.3 is 25.6 Å². The van der Waals surface area contributed by atoms with Gasteiger partial charge in [-0.3, -0.25) is 14.3 Å². The normalized spacial score (nSPS) is 19.2. The van der Waals surface area contributed by atoms with E-state index in [-0.39, 0.29) is 22.9 Å². The van der Waals surface area contributed by atoms with Crippen molar-refractivity contribution in [3.63, 3.8) is 0 Å². The number of primary amides is 1. The minimum Gasteiger partial charge on any atom is -0.494 e. The lowest BCUT2D eigenvalue weighted by Gasteiger charge is -2.31. The molecule has 6 rings (SSSR count). The lowest BCUT2D eigenvalue weighted by Crippen LogP contribution is -2.51. The molecule has 230 valence electrons. The molecule has 3 heterocycles. The molecule has 1 aliphatic carbocycles. The average Bonchev–Trinajstić information content (AvgIpc) is 3.65. The van der Waals surface area contributed by atoms with E-state index in [4.69, 9.17) is 15.2 Å². The van der Waals surface area contributed by atoms with Gasteiger partial charge in [-0.15, -0.1) is 0 Å². The quantitative estimate of drug-likeness (QED) is 0.256. The molecule has 2 aromatic heterocycles. The number of fused-ring (bicyclic) bond motifs is 2. The van der Waals surface area contributed by atoms with Crippen LogP contribution in [0.3, 0.4) is 0 Å². The van der Waals surface area contributed by atoms with Gasteiger partial charge in [0.15, 0.2) is 5.75 Å². The van der Waals surface area contributed by atoms with E-state index in [0.717, 1.165) is 37.1 Å². The topological polar surface area (TPSA) is 142 Å². The number of nitrogens with zero attached hydrogens (tertiary/aromatic N) is 3. The van der Waals surface area contributed by atoms with Crippen molar-refractivity contribution in [2.24, 2.45) is 5.73 Å². The molecule has 44 heavy (non-hydrogen) atoms. The first-order valence-corrected chi connectivity index (χ1v) is 13.3. The molecule has 0 bridgehead atoms. The second-order valence-corrected chi connectivity index (χ2v) is 10.7. The smallest absolute Gasteiger partial charge is 0.424 e. The Balaban J connectivity index is 1.40. The summed E-state index contributed by atoms with van der Waals surface area (Å²) in [5.74, 6) is -3.40. The van der Waals surface area contributed by atoms with Crippen LogP contribution in [-0.4, -0.2) is 58.1 Å². The molecule has 2 amide bonds. The Bertz CT molecular complexity index is 1810. The maximum Gasteiger partial charge on any atom is 0.424 e. The van der Waals surface area contributed by atoms with E-state index in [1.165, 1.54) is 19.2 Å². The number of rotatable bonds is 8. The van der Waals surface area contributed by atoms with Crippen LogP contribution in [0, 0.1) is 5.82 Å². The van der Waals surface area contributed by atoms with Crippen molar-refractivity contribution in [3.8, 4) is 22.8 Å². The van der Waals surface area contributed by atoms with Crippen molar-refractivity contribution in [1.29, 1.82) is 0 Å². The molecule has 15 heteroatoms. The van der Waals surface area contributed by atoms with Crippen LogP contribution in [0.5, 0.6) is 11.5 Å². The van der Waals surface area contributed by atoms with Gasteiger partial charge in [-0.1, -0.05) is 0 Å². The number of nitrogens with one attached hydrogen (secondary N) is 1. The van der Waals surface area contributed by atoms with Gasteiger partial charge in [0.2, 0.25) is 5.60 Å². The minimum atomic E-state index is -5.47. The highest BCUT2D eigenvalue weighted by molar-refractivity contribution is 6.00. The van der Waals surface area contributed by atoms with Gasteiger partial charge in [-0.2, -0.15) is 18.3 Å². The number of alkyl halides is 4. The maximum atomic E-state index is 15.7. The highest BCUT2D eigenvalue weighted by Crippen LogP contribution is 2.48. The number of aromatic nitrogens is 3. The Morgan fingerprint density at radius 2 is 1.91 bits per heavy atom. The number of pyridine rings is 1. The summed E-state index contributed by atoms with van der Waals surface area (Å²) in [6, 6.07) is 7.74. The van der Waals surface area contributed by atoms with E-state index in [9.17, 15) is 32.3 Å². The zero-order valence-corrected chi connectivity index (χ0v) is 22.9.